The van der Waals surface area contributed by atoms with Crippen molar-refractivity contribution in [3.05, 3.63) is 73.4 Å². The van der Waals surface area contributed by atoms with Crippen molar-refractivity contribution in [3.8, 4) is 33.6 Å². The second-order valence-electron chi connectivity index (χ2n) is 6.37. The molecule has 0 saturated carbocycles. The molecule has 0 amide bonds. The first-order valence-electron chi connectivity index (χ1n) is 8.63. The number of hydrogen-bond acceptors (Lipinski definition) is 4. The molecule has 27 heavy (non-hydrogen) atoms. The second-order valence-corrected chi connectivity index (χ2v) is 6.37. The van der Waals surface area contributed by atoms with Crippen molar-refractivity contribution in [1.29, 1.82) is 0 Å². The molecular formula is C21H16N6. The number of benzene rings is 2. The summed E-state index contributed by atoms with van der Waals surface area (Å²) in [6.45, 7) is 0. The summed E-state index contributed by atoms with van der Waals surface area (Å²) in [4.78, 5) is 9.03. The van der Waals surface area contributed by atoms with Crippen LogP contribution in [0.25, 0.3) is 44.5 Å². The highest BCUT2D eigenvalue weighted by Gasteiger charge is 2.15. The molecular weight excluding hydrogens is 336 g/mol. The van der Waals surface area contributed by atoms with Crippen molar-refractivity contribution < 1.29 is 0 Å². The number of H-pyrrole nitrogens is 1. The van der Waals surface area contributed by atoms with Gasteiger partial charge >= 0.3 is 0 Å². The molecule has 0 fully saturated rings. The van der Waals surface area contributed by atoms with E-state index in [9.17, 15) is 0 Å². The maximum Gasteiger partial charge on any atom is 0.116 e. The third-order valence-electron chi connectivity index (χ3n) is 4.62. The molecule has 6 heteroatoms. The van der Waals surface area contributed by atoms with E-state index < -0.39 is 0 Å². The quantitative estimate of drug-likeness (QED) is 0.531. The molecule has 0 saturated heterocycles. The summed E-state index contributed by atoms with van der Waals surface area (Å²) in [5.74, 6) is 0. The monoisotopic (exact) mass is 352 g/mol. The van der Waals surface area contributed by atoms with Crippen LogP contribution in [0.1, 0.15) is 0 Å². The minimum Gasteiger partial charge on any atom is -0.284 e. The lowest BCUT2D eigenvalue weighted by atomic mass is 10.0. The summed E-state index contributed by atoms with van der Waals surface area (Å²) in [5, 5.41) is 12.7. The largest absolute Gasteiger partial charge is 0.284 e. The third-order valence-corrected chi connectivity index (χ3v) is 4.62. The fourth-order valence-corrected chi connectivity index (χ4v) is 3.31. The summed E-state index contributed by atoms with van der Waals surface area (Å²) in [6, 6.07) is 16.3. The first-order chi connectivity index (χ1) is 13.3. The van der Waals surface area contributed by atoms with Gasteiger partial charge in [0.1, 0.15) is 12.0 Å². The van der Waals surface area contributed by atoms with Gasteiger partial charge in [-0.1, -0.05) is 36.4 Å². The molecule has 3 heterocycles. The van der Waals surface area contributed by atoms with Gasteiger partial charge in [0.2, 0.25) is 0 Å². The number of aromatic nitrogens is 6. The van der Waals surface area contributed by atoms with E-state index in [-0.39, 0.29) is 0 Å². The fourth-order valence-electron chi connectivity index (χ4n) is 3.31. The topological polar surface area (TPSA) is 72.3 Å². The van der Waals surface area contributed by atoms with Gasteiger partial charge in [0.25, 0.3) is 0 Å². The Morgan fingerprint density at radius 1 is 0.889 bits per heavy atom. The fraction of sp³-hybridized carbons (Fsp3) is 0.0476. The number of nitrogens with zero attached hydrogens (tertiary/aromatic N) is 5. The van der Waals surface area contributed by atoms with Crippen molar-refractivity contribution in [2.45, 2.75) is 0 Å². The summed E-state index contributed by atoms with van der Waals surface area (Å²) >= 11 is 0. The van der Waals surface area contributed by atoms with Crippen molar-refractivity contribution >= 4 is 10.9 Å². The minimum atomic E-state index is 0.866. The molecule has 3 aromatic heterocycles. The number of nitrogens with one attached hydrogen (secondary N) is 1. The van der Waals surface area contributed by atoms with E-state index >= 15 is 0 Å². The normalized spacial score (nSPS) is 11.1. The summed E-state index contributed by atoms with van der Waals surface area (Å²) in [5.41, 5.74) is 6.79. The van der Waals surface area contributed by atoms with Gasteiger partial charge in [-0.25, -0.2) is 9.97 Å². The molecule has 0 bridgehead atoms. The molecule has 0 aliphatic heterocycles. The number of hydrogen-bond donors (Lipinski definition) is 1. The van der Waals surface area contributed by atoms with Crippen LogP contribution >= 0.6 is 0 Å². The van der Waals surface area contributed by atoms with E-state index in [0.717, 1.165) is 44.5 Å². The average molecular weight is 352 g/mol. The van der Waals surface area contributed by atoms with E-state index in [1.165, 1.54) is 0 Å². The van der Waals surface area contributed by atoms with E-state index in [4.69, 9.17) is 0 Å². The highest BCUT2D eigenvalue weighted by atomic mass is 15.2. The first-order valence-corrected chi connectivity index (χ1v) is 8.63. The zero-order valence-corrected chi connectivity index (χ0v) is 14.7. The zero-order chi connectivity index (χ0) is 18.2. The van der Waals surface area contributed by atoms with E-state index in [2.05, 4.69) is 43.5 Å². The lowest BCUT2D eigenvalue weighted by molar-refractivity contribution is 0.768. The number of aromatic amines is 1. The molecule has 5 rings (SSSR count). The van der Waals surface area contributed by atoms with Crippen LogP contribution in [0.15, 0.2) is 73.4 Å². The van der Waals surface area contributed by atoms with Crippen LogP contribution in [0.2, 0.25) is 0 Å². The molecule has 0 radical (unpaired) electrons. The molecule has 0 aliphatic rings. The maximum absolute atomic E-state index is 4.55. The van der Waals surface area contributed by atoms with Crippen LogP contribution in [0.3, 0.4) is 0 Å². The Bertz CT molecular complexity index is 1240. The lowest BCUT2D eigenvalue weighted by Crippen LogP contribution is -1.91. The van der Waals surface area contributed by atoms with Crippen LogP contribution in [-0.4, -0.2) is 29.9 Å². The Morgan fingerprint density at radius 3 is 2.59 bits per heavy atom. The number of fused-ring (bicyclic) bond motifs is 1. The van der Waals surface area contributed by atoms with Gasteiger partial charge in [-0.3, -0.25) is 9.78 Å². The van der Waals surface area contributed by atoms with Crippen molar-refractivity contribution in [1.82, 2.24) is 29.9 Å². The number of rotatable bonds is 3. The predicted molar refractivity (Wildman–Crippen MR) is 105 cm³/mol. The van der Waals surface area contributed by atoms with E-state index in [0.29, 0.717) is 0 Å². The maximum atomic E-state index is 4.55. The third kappa shape index (κ3) is 2.67. The Balaban J connectivity index is 1.66. The molecule has 0 unspecified atom stereocenters. The predicted octanol–water partition coefficient (Wildman–Crippen LogP) is 4.09. The molecule has 0 atom stereocenters. The van der Waals surface area contributed by atoms with Crippen LogP contribution < -0.4 is 0 Å². The highest BCUT2D eigenvalue weighted by Crippen LogP contribution is 2.33. The highest BCUT2D eigenvalue weighted by molar-refractivity contribution is 5.97. The standard InChI is InChI=1S/C21H16N6/c1-27-12-16(10-25-27)15-7-8-17-19(9-15)22-13-23-21(17)18-11-24-26-20(18)14-5-3-2-4-6-14/h2-13H,1H3,(H,24,26). The summed E-state index contributed by atoms with van der Waals surface area (Å²) in [7, 11) is 1.91. The Morgan fingerprint density at radius 2 is 1.78 bits per heavy atom. The smallest absolute Gasteiger partial charge is 0.116 e. The lowest BCUT2D eigenvalue weighted by Gasteiger charge is -2.07. The Hall–Kier alpha value is -3.80. The van der Waals surface area contributed by atoms with Crippen LogP contribution in [-0.2, 0) is 7.05 Å². The summed E-state index contributed by atoms with van der Waals surface area (Å²) in [6.07, 6.45) is 7.34. The van der Waals surface area contributed by atoms with Crippen LogP contribution in [0, 0.1) is 0 Å². The molecule has 6 nitrogen and oxygen atoms in total. The van der Waals surface area contributed by atoms with Crippen LogP contribution in [0.4, 0.5) is 0 Å². The first kappa shape index (κ1) is 15.5. The van der Waals surface area contributed by atoms with Gasteiger partial charge < -0.3 is 0 Å². The van der Waals surface area contributed by atoms with Crippen molar-refractivity contribution in [3.63, 3.8) is 0 Å². The van der Waals surface area contributed by atoms with Gasteiger partial charge in [0.05, 0.1) is 17.4 Å². The number of aryl methyl sites for hydroxylation is 1. The van der Waals surface area contributed by atoms with E-state index in [1.807, 2.05) is 56.0 Å². The van der Waals surface area contributed by atoms with Gasteiger partial charge in [-0.05, 0) is 17.7 Å². The van der Waals surface area contributed by atoms with Crippen LogP contribution in [0.5, 0.6) is 0 Å². The average Bonchev–Trinajstić information content (AvgIpc) is 3.37. The molecule has 1 N–H and O–H groups in total. The van der Waals surface area contributed by atoms with Gasteiger partial charge in [0.15, 0.2) is 0 Å². The molecule has 2 aromatic carbocycles. The van der Waals surface area contributed by atoms with Gasteiger partial charge in [-0.15, -0.1) is 0 Å². The van der Waals surface area contributed by atoms with E-state index in [1.54, 1.807) is 11.0 Å². The second kappa shape index (κ2) is 6.17. The molecule has 0 spiro atoms. The molecule has 0 aliphatic carbocycles. The van der Waals surface area contributed by atoms with Gasteiger partial charge in [0, 0.05) is 41.5 Å². The Labute approximate surface area is 155 Å². The zero-order valence-electron chi connectivity index (χ0n) is 14.7. The molecule has 130 valence electrons. The van der Waals surface area contributed by atoms with Crippen molar-refractivity contribution in [2.75, 3.05) is 0 Å². The SMILES string of the molecule is Cn1cc(-c2ccc3c(-c4c[nH]nc4-c4ccccc4)ncnc3c2)cn1. The molecule has 5 aromatic rings. The Kier molecular flexibility index (Phi) is 3.53. The summed E-state index contributed by atoms with van der Waals surface area (Å²) < 4.78 is 1.79. The minimum absolute atomic E-state index is 0.866. The van der Waals surface area contributed by atoms with Crippen molar-refractivity contribution in [2.24, 2.45) is 7.05 Å². The van der Waals surface area contributed by atoms with Gasteiger partial charge in [-0.2, -0.15) is 10.2 Å².